The second-order valence-electron chi connectivity index (χ2n) is 15.3. The molecule has 6 aromatic rings. The standard InChI is InChI=1S/C22H25.C21H23.C2H6Ge.2ClH.Zr/c1-15(2)18-13-17-7-6-8-20(21(17)14-18)16-9-11-19(12-10-16)22(3,4)5;1-14-12-19-15(2)6-11-18(20(19)13-14)16-7-9-17(10-8-16)21(3,4)5;1-3-2;;;/h6-15H,1-5H3;6-13H,1-5H3;1-2H3;2*1H;/q2*-1;;;;+4/p-2. The molecule has 0 fully saturated rings. The van der Waals surface area contributed by atoms with Crippen molar-refractivity contribution >= 4 is 54.0 Å². The van der Waals surface area contributed by atoms with Gasteiger partial charge in [-0.15, -0.1) is 68.6 Å². The van der Waals surface area contributed by atoms with Crippen molar-refractivity contribution in [2.24, 2.45) is 0 Å². The van der Waals surface area contributed by atoms with Crippen LogP contribution in [-0.2, 0) is 31.7 Å². The number of hydrogen-bond acceptors (Lipinski definition) is 0. The van der Waals surface area contributed by atoms with Crippen LogP contribution >= 0.6 is 17.0 Å². The van der Waals surface area contributed by atoms with E-state index in [0.717, 1.165) is 0 Å². The summed E-state index contributed by atoms with van der Waals surface area (Å²) in [4.78, 5) is 0. The Balaban J connectivity index is 0.000000229. The fourth-order valence-electron chi connectivity index (χ4n) is 5.98. The summed E-state index contributed by atoms with van der Waals surface area (Å²) in [5.41, 5.74) is 12.6. The Morgan fingerprint density at radius 2 is 1.10 bits per heavy atom. The molecule has 0 aliphatic carbocycles. The van der Waals surface area contributed by atoms with Gasteiger partial charge in [-0.05, 0) is 39.0 Å². The molecule has 0 spiro atoms. The van der Waals surface area contributed by atoms with E-state index in [1.165, 1.54) is 71.6 Å². The molecule has 0 amide bonds. The monoisotopic (exact) mass is 828 g/mol. The molecule has 256 valence electrons. The summed E-state index contributed by atoms with van der Waals surface area (Å²) < 4.78 is 0. The molecule has 0 aliphatic heterocycles. The van der Waals surface area contributed by atoms with E-state index < -0.39 is 20.8 Å². The van der Waals surface area contributed by atoms with Crippen LogP contribution in [0.5, 0.6) is 0 Å². The van der Waals surface area contributed by atoms with E-state index in [1.54, 1.807) is 0 Å². The Morgan fingerprint density at radius 3 is 1.55 bits per heavy atom. The Hall–Kier alpha value is -1.89. The van der Waals surface area contributed by atoms with E-state index in [9.17, 15) is 0 Å². The van der Waals surface area contributed by atoms with Crippen molar-refractivity contribution in [3.05, 3.63) is 131 Å². The zero-order valence-electron chi connectivity index (χ0n) is 31.6. The average Bonchev–Trinajstić information content (AvgIpc) is 3.66. The summed E-state index contributed by atoms with van der Waals surface area (Å²) in [5, 5.41) is 5.47. The maximum absolute atomic E-state index is 4.93. The Kier molecular flexibility index (Phi) is 15.7. The summed E-state index contributed by atoms with van der Waals surface area (Å²) in [6.07, 6.45) is 0. The van der Waals surface area contributed by atoms with Crippen molar-refractivity contribution in [1.29, 1.82) is 0 Å². The fourth-order valence-corrected chi connectivity index (χ4v) is 5.98. The number of halogens is 2. The van der Waals surface area contributed by atoms with E-state index in [0.29, 0.717) is 21.3 Å². The molecule has 2 radical (unpaired) electrons. The van der Waals surface area contributed by atoms with Gasteiger partial charge < -0.3 is 0 Å². The van der Waals surface area contributed by atoms with Gasteiger partial charge in [-0.1, -0.05) is 141 Å². The van der Waals surface area contributed by atoms with Crippen LogP contribution in [0.25, 0.3) is 43.8 Å². The van der Waals surface area contributed by atoms with Gasteiger partial charge in [0.25, 0.3) is 0 Å². The minimum atomic E-state index is -0.826. The van der Waals surface area contributed by atoms with E-state index in [4.69, 9.17) is 17.0 Å². The van der Waals surface area contributed by atoms with Gasteiger partial charge in [-0.25, -0.2) is 0 Å². The fraction of sp³-hybridized carbons (Fsp3) is 0.333. The minimum absolute atomic E-state index is 0.204. The molecular weight excluding hydrogens is 775 g/mol. The zero-order valence-corrected chi connectivity index (χ0v) is 37.7. The third kappa shape index (κ3) is 11.3. The maximum atomic E-state index is 4.93. The van der Waals surface area contributed by atoms with Crippen molar-refractivity contribution in [3.63, 3.8) is 0 Å². The molecule has 4 heteroatoms. The van der Waals surface area contributed by atoms with Crippen LogP contribution in [0.1, 0.15) is 89.1 Å². The quantitative estimate of drug-likeness (QED) is 0.123. The van der Waals surface area contributed by atoms with Gasteiger partial charge in [0.15, 0.2) is 0 Å². The van der Waals surface area contributed by atoms with Crippen LogP contribution in [0.3, 0.4) is 0 Å². The topological polar surface area (TPSA) is 0 Å². The van der Waals surface area contributed by atoms with Gasteiger partial charge in [0.05, 0.1) is 0 Å². The molecule has 0 atom stereocenters. The molecule has 0 unspecified atom stereocenters. The number of benzene rings is 4. The van der Waals surface area contributed by atoms with Crippen molar-refractivity contribution in [2.75, 3.05) is 0 Å². The molecular formula is C45H54Cl2GeZr. The van der Waals surface area contributed by atoms with Crippen LogP contribution in [0.15, 0.2) is 103 Å². The van der Waals surface area contributed by atoms with Crippen LogP contribution in [0.2, 0.25) is 11.5 Å². The summed E-state index contributed by atoms with van der Waals surface area (Å²) in [5.74, 6) is 5.07. The summed E-state index contributed by atoms with van der Waals surface area (Å²) in [6.45, 7) is 22.4. The molecule has 0 N–H and O–H groups in total. The summed E-state index contributed by atoms with van der Waals surface area (Å²) in [7, 11) is 9.87. The number of hydrogen-bond donors (Lipinski definition) is 0. The molecule has 0 nitrogen and oxygen atoms in total. The SMILES string of the molecule is CC(C)c1cc2c(-c3ccc(C(C)(C)C)cc3)cccc2[cH-]1.Cc1cc2c(-c3ccc(C(C)(C)C)cc3)ccc(C)c2[cH-]1.[CH3][Ge][CH3].[Cl][Zr+2][Cl]. The molecule has 0 bridgehead atoms. The van der Waals surface area contributed by atoms with Gasteiger partial charge in [-0.2, -0.15) is 12.1 Å². The van der Waals surface area contributed by atoms with Crippen LogP contribution in [0, 0.1) is 13.8 Å². The molecule has 0 aromatic heterocycles. The first-order valence-electron chi connectivity index (χ1n) is 17.2. The van der Waals surface area contributed by atoms with E-state index in [1.807, 2.05) is 0 Å². The normalized spacial score (nSPS) is 11.2. The Labute approximate surface area is 322 Å². The number of fused-ring (bicyclic) bond motifs is 2. The first kappa shape index (κ1) is 41.5. The number of rotatable bonds is 3. The van der Waals surface area contributed by atoms with Gasteiger partial charge in [-0.3, -0.25) is 0 Å². The van der Waals surface area contributed by atoms with Crippen molar-refractivity contribution < 1.29 is 20.8 Å². The first-order valence-corrected chi connectivity index (χ1v) is 27.7. The predicted molar refractivity (Wildman–Crippen MR) is 220 cm³/mol. The molecule has 6 rings (SSSR count). The van der Waals surface area contributed by atoms with Crippen LogP contribution < -0.4 is 0 Å². The van der Waals surface area contributed by atoms with E-state index in [2.05, 4.69) is 184 Å². The molecule has 0 aliphatic rings. The van der Waals surface area contributed by atoms with Crippen molar-refractivity contribution in [2.45, 2.75) is 97.5 Å². The Bertz CT molecular complexity index is 1890. The molecule has 49 heavy (non-hydrogen) atoms. The molecule has 6 aromatic carbocycles. The van der Waals surface area contributed by atoms with Gasteiger partial charge >= 0.3 is 64.8 Å². The van der Waals surface area contributed by atoms with E-state index in [-0.39, 0.29) is 10.8 Å². The number of aryl methyl sites for hydroxylation is 2. The average molecular weight is 830 g/mol. The van der Waals surface area contributed by atoms with Crippen molar-refractivity contribution in [1.82, 2.24) is 0 Å². The van der Waals surface area contributed by atoms with Gasteiger partial charge in [0.1, 0.15) is 0 Å². The van der Waals surface area contributed by atoms with Gasteiger partial charge in [0.2, 0.25) is 0 Å². The second-order valence-corrected chi connectivity index (χ2v) is 21.1. The summed E-state index contributed by atoms with van der Waals surface area (Å²) in [6, 6.07) is 38.5. The second kappa shape index (κ2) is 18.6. The summed E-state index contributed by atoms with van der Waals surface area (Å²) >= 11 is -0.326. The molecule has 0 saturated heterocycles. The first-order chi connectivity index (χ1) is 23.0. The van der Waals surface area contributed by atoms with Gasteiger partial charge in [0, 0.05) is 0 Å². The third-order valence-electron chi connectivity index (χ3n) is 8.81. The molecule has 0 saturated carbocycles. The Morgan fingerprint density at radius 1 is 0.633 bits per heavy atom. The van der Waals surface area contributed by atoms with Crippen molar-refractivity contribution in [3.8, 4) is 22.3 Å². The zero-order chi connectivity index (χ0) is 36.5. The molecule has 0 heterocycles. The third-order valence-corrected chi connectivity index (χ3v) is 8.81. The van der Waals surface area contributed by atoms with E-state index >= 15 is 0 Å². The van der Waals surface area contributed by atoms with Crippen LogP contribution in [-0.4, -0.2) is 15.4 Å². The predicted octanol–water partition coefficient (Wildman–Crippen LogP) is 14.9. The van der Waals surface area contributed by atoms with Crippen LogP contribution in [0.4, 0.5) is 0 Å².